The first kappa shape index (κ1) is 18.0. The molecule has 0 aromatic rings. The van der Waals surface area contributed by atoms with E-state index in [-0.39, 0.29) is 0 Å². The van der Waals surface area contributed by atoms with E-state index >= 15 is 0 Å². The van der Waals surface area contributed by atoms with E-state index in [2.05, 4.69) is 37.9 Å². The molecule has 0 aliphatic carbocycles. The molecule has 1 heterocycles. The lowest BCUT2D eigenvalue weighted by atomic mass is 9.89. The molecule has 2 nitrogen and oxygen atoms in total. The van der Waals surface area contributed by atoms with E-state index in [0.717, 1.165) is 11.8 Å². The highest BCUT2D eigenvalue weighted by Gasteiger charge is 2.19. The second kappa shape index (κ2) is 10.6. The van der Waals surface area contributed by atoms with Crippen molar-refractivity contribution in [1.29, 1.82) is 0 Å². The third-order valence-corrected chi connectivity index (χ3v) is 4.97. The first-order valence-electron chi connectivity index (χ1n) is 9.09. The van der Waals surface area contributed by atoms with Crippen LogP contribution in [0.3, 0.4) is 0 Å². The molecule has 0 amide bonds. The SMILES string of the molecule is CCCCCC(C)NCCN1CCCC(C(C)C)CC1. The van der Waals surface area contributed by atoms with Gasteiger partial charge in [0.05, 0.1) is 0 Å². The van der Waals surface area contributed by atoms with Crippen molar-refractivity contribution in [2.45, 2.75) is 78.7 Å². The number of hydrogen-bond acceptors (Lipinski definition) is 2. The van der Waals surface area contributed by atoms with E-state index in [9.17, 15) is 0 Å². The quantitative estimate of drug-likeness (QED) is 0.634. The first-order valence-corrected chi connectivity index (χ1v) is 9.09. The zero-order valence-corrected chi connectivity index (χ0v) is 14.5. The summed E-state index contributed by atoms with van der Waals surface area (Å²) in [5.41, 5.74) is 0. The highest BCUT2D eigenvalue weighted by molar-refractivity contribution is 4.73. The van der Waals surface area contributed by atoms with Crippen molar-refractivity contribution in [2.75, 3.05) is 26.2 Å². The second-order valence-corrected chi connectivity index (χ2v) is 7.13. The van der Waals surface area contributed by atoms with Crippen LogP contribution in [0.15, 0.2) is 0 Å². The minimum atomic E-state index is 0.692. The summed E-state index contributed by atoms with van der Waals surface area (Å²) in [7, 11) is 0. The van der Waals surface area contributed by atoms with Crippen LogP contribution in [0.25, 0.3) is 0 Å². The van der Waals surface area contributed by atoms with Crippen molar-refractivity contribution in [3.63, 3.8) is 0 Å². The van der Waals surface area contributed by atoms with Gasteiger partial charge in [-0.3, -0.25) is 0 Å². The summed E-state index contributed by atoms with van der Waals surface area (Å²) in [6, 6.07) is 0.692. The summed E-state index contributed by atoms with van der Waals surface area (Å²) < 4.78 is 0. The molecular weight excluding hydrogens is 244 g/mol. The third-order valence-electron chi connectivity index (χ3n) is 4.97. The molecule has 0 radical (unpaired) electrons. The van der Waals surface area contributed by atoms with Crippen LogP contribution in [0.2, 0.25) is 0 Å². The fraction of sp³-hybridized carbons (Fsp3) is 1.00. The highest BCUT2D eigenvalue weighted by Crippen LogP contribution is 2.24. The summed E-state index contributed by atoms with van der Waals surface area (Å²) in [4.78, 5) is 2.67. The third kappa shape index (κ3) is 7.64. The van der Waals surface area contributed by atoms with Gasteiger partial charge < -0.3 is 10.2 Å². The van der Waals surface area contributed by atoms with Crippen LogP contribution in [-0.2, 0) is 0 Å². The molecule has 1 N–H and O–H groups in total. The van der Waals surface area contributed by atoms with E-state index in [0.29, 0.717) is 6.04 Å². The van der Waals surface area contributed by atoms with Crippen LogP contribution in [0.1, 0.15) is 72.6 Å². The molecule has 2 unspecified atom stereocenters. The van der Waals surface area contributed by atoms with Crippen molar-refractivity contribution in [2.24, 2.45) is 11.8 Å². The van der Waals surface area contributed by atoms with E-state index < -0.39 is 0 Å². The van der Waals surface area contributed by atoms with Crippen molar-refractivity contribution in [1.82, 2.24) is 10.2 Å². The maximum absolute atomic E-state index is 3.70. The largest absolute Gasteiger partial charge is 0.313 e. The molecule has 0 aromatic heterocycles. The van der Waals surface area contributed by atoms with Crippen molar-refractivity contribution < 1.29 is 0 Å². The van der Waals surface area contributed by atoms with Gasteiger partial charge in [-0.25, -0.2) is 0 Å². The van der Waals surface area contributed by atoms with Gasteiger partial charge in [-0.2, -0.15) is 0 Å². The molecule has 2 heteroatoms. The number of unbranched alkanes of at least 4 members (excludes halogenated alkanes) is 2. The minimum absolute atomic E-state index is 0.692. The molecule has 0 bridgehead atoms. The summed E-state index contributed by atoms with van der Waals surface area (Å²) in [6.07, 6.45) is 9.67. The summed E-state index contributed by atoms with van der Waals surface area (Å²) >= 11 is 0. The van der Waals surface area contributed by atoms with Gasteiger partial charge in [0.25, 0.3) is 0 Å². The molecule has 0 aromatic carbocycles. The van der Waals surface area contributed by atoms with E-state index in [1.54, 1.807) is 0 Å². The normalized spacial score (nSPS) is 22.9. The predicted octanol–water partition coefficient (Wildman–Crippen LogP) is 4.30. The van der Waals surface area contributed by atoms with E-state index in [1.165, 1.54) is 71.1 Å². The monoisotopic (exact) mass is 282 g/mol. The van der Waals surface area contributed by atoms with E-state index in [4.69, 9.17) is 0 Å². The van der Waals surface area contributed by atoms with Crippen molar-refractivity contribution in [3.8, 4) is 0 Å². The minimum Gasteiger partial charge on any atom is -0.313 e. The Bertz CT molecular complexity index is 227. The fourth-order valence-corrected chi connectivity index (χ4v) is 3.34. The van der Waals surface area contributed by atoms with Gasteiger partial charge in [0, 0.05) is 19.1 Å². The Morgan fingerprint density at radius 1 is 1.10 bits per heavy atom. The Hall–Kier alpha value is -0.0800. The lowest BCUT2D eigenvalue weighted by Gasteiger charge is -2.22. The first-order chi connectivity index (χ1) is 9.63. The standard InChI is InChI=1S/C18H38N2/c1-5-6-7-9-17(4)19-12-15-20-13-8-10-18(11-14-20)16(2)3/h16-19H,5-15H2,1-4H3. The number of nitrogens with zero attached hydrogens (tertiary/aromatic N) is 1. The molecule has 2 atom stereocenters. The maximum atomic E-state index is 3.70. The van der Waals surface area contributed by atoms with Crippen LogP contribution in [0, 0.1) is 11.8 Å². The van der Waals surface area contributed by atoms with Crippen LogP contribution < -0.4 is 5.32 Å². The molecule has 20 heavy (non-hydrogen) atoms. The Morgan fingerprint density at radius 2 is 1.90 bits per heavy atom. The fourth-order valence-electron chi connectivity index (χ4n) is 3.34. The predicted molar refractivity (Wildman–Crippen MR) is 90.2 cm³/mol. The average molecular weight is 283 g/mol. The van der Waals surface area contributed by atoms with Gasteiger partial charge in [0.1, 0.15) is 0 Å². The topological polar surface area (TPSA) is 15.3 Å². The lowest BCUT2D eigenvalue weighted by Crippen LogP contribution is -2.36. The van der Waals surface area contributed by atoms with Gasteiger partial charge in [0.2, 0.25) is 0 Å². The van der Waals surface area contributed by atoms with Crippen molar-refractivity contribution >= 4 is 0 Å². The Kier molecular flexibility index (Phi) is 9.54. The molecule has 0 spiro atoms. The molecule has 1 aliphatic heterocycles. The number of hydrogen-bond donors (Lipinski definition) is 1. The van der Waals surface area contributed by atoms with Gasteiger partial charge in [-0.05, 0) is 57.5 Å². The zero-order valence-electron chi connectivity index (χ0n) is 14.5. The summed E-state index contributed by atoms with van der Waals surface area (Å²) in [5, 5.41) is 3.70. The molecule has 1 rings (SSSR count). The average Bonchev–Trinajstić information content (AvgIpc) is 2.65. The van der Waals surface area contributed by atoms with Crippen LogP contribution in [0.5, 0.6) is 0 Å². The Morgan fingerprint density at radius 3 is 2.60 bits per heavy atom. The lowest BCUT2D eigenvalue weighted by molar-refractivity contribution is 0.267. The molecule has 1 aliphatic rings. The molecule has 1 saturated heterocycles. The van der Waals surface area contributed by atoms with Crippen molar-refractivity contribution in [3.05, 3.63) is 0 Å². The van der Waals surface area contributed by atoms with Gasteiger partial charge >= 0.3 is 0 Å². The second-order valence-electron chi connectivity index (χ2n) is 7.13. The zero-order chi connectivity index (χ0) is 14.8. The van der Waals surface area contributed by atoms with Gasteiger partial charge in [-0.1, -0.05) is 40.0 Å². The summed E-state index contributed by atoms with van der Waals surface area (Å²) in [6.45, 7) is 14.4. The van der Waals surface area contributed by atoms with Crippen LogP contribution in [0.4, 0.5) is 0 Å². The van der Waals surface area contributed by atoms with E-state index in [1.807, 2.05) is 0 Å². The number of likely N-dealkylation sites (tertiary alicyclic amines) is 1. The molecule has 1 fully saturated rings. The van der Waals surface area contributed by atoms with Gasteiger partial charge in [0.15, 0.2) is 0 Å². The molecule has 120 valence electrons. The maximum Gasteiger partial charge on any atom is 0.0107 e. The van der Waals surface area contributed by atoms with Gasteiger partial charge in [-0.15, -0.1) is 0 Å². The van der Waals surface area contributed by atoms with Crippen LogP contribution in [-0.4, -0.2) is 37.1 Å². The summed E-state index contributed by atoms with van der Waals surface area (Å²) in [5.74, 6) is 1.83. The Balaban J connectivity index is 2.09. The number of rotatable bonds is 9. The highest BCUT2D eigenvalue weighted by atomic mass is 15.1. The Labute approximate surface area is 127 Å². The molecule has 0 saturated carbocycles. The number of nitrogens with one attached hydrogen (secondary N) is 1. The molecular formula is C18H38N2. The smallest absolute Gasteiger partial charge is 0.0107 e. The van der Waals surface area contributed by atoms with Crippen LogP contribution >= 0.6 is 0 Å².